The highest BCUT2D eigenvalue weighted by atomic mass is 16.6. The van der Waals surface area contributed by atoms with Crippen molar-refractivity contribution in [3.05, 3.63) is 58.7 Å². The number of nitrogens with zero attached hydrogens (tertiary/aromatic N) is 1. The largest absolute Gasteiger partial charge is 0.504 e. The van der Waals surface area contributed by atoms with Gasteiger partial charge in [0.1, 0.15) is 11.7 Å². The van der Waals surface area contributed by atoms with E-state index in [9.17, 15) is 10.2 Å². The molecule has 2 aliphatic heterocycles. The Labute approximate surface area is 219 Å². The molecule has 5 fully saturated rings. The van der Waals surface area contributed by atoms with Crippen molar-refractivity contribution >= 4 is 0 Å². The molecule has 4 saturated carbocycles. The van der Waals surface area contributed by atoms with Gasteiger partial charge in [-0.15, -0.1) is 0 Å². The Balaban J connectivity index is 1.34. The van der Waals surface area contributed by atoms with Gasteiger partial charge in [-0.3, -0.25) is 4.90 Å². The summed E-state index contributed by atoms with van der Waals surface area (Å²) in [7, 11) is 1.82. The number of phenolic OH excluding ortho intramolecular Hbond substituents is 1. The van der Waals surface area contributed by atoms with Crippen LogP contribution in [0, 0.1) is 24.2 Å². The number of aryl methyl sites for hydroxylation is 1. The molecule has 2 heterocycles. The SMILES string of the molecule is CO[C@]12CC[C@@]3(C[C@@H]1C(C)(O)c1ccc(C)cc1)[C@H]1Cc4ccc(O)c5c4[C@@]3(CCN1CC1CC1)[C@H]2O5. The van der Waals surface area contributed by atoms with Crippen LogP contribution in [0.15, 0.2) is 36.4 Å². The van der Waals surface area contributed by atoms with Gasteiger partial charge < -0.3 is 19.7 Å². The molecule has 9 rings (SSSR count). The number of likely N-dealkylation sites (tertiary alicyclic amines) is 1. The third kappa shape index (κ3) is 2.57. The zero-order valence-electron chi connectivity index (χ0n) is 22.3. The lowest BCUT2D eigenvalue weighted by Gasteiger charge is -2.75. The van der Waals surface area contributed by atoms with Gasteiger partial charge >= 0.3 is 0 Å². The van der Waals surface area contributed by atoms with Gasteiger partial charge in [0.2, 0.25) is 0 Å². The van der Waals surface area contributed by atoms with Crippen molar-refractivity contribution in [2.24, 2.45) is 17.3 Å². The van der Waals surface area contributed by atoms with Gasteiger partial charge in [-0.1, -0.05) is 35.9 Å². The first-order valence-electron chi connectivity index (χ1n) is 14.4. The minimum Gasteiger partial charge on any atom is -0.504 e. The van der Waals surface area contributed by atoms with E-state index in [-0.39, 0.29) is 28.6 Å². The third-order valence-corrected chi connectivity index (χ3v) is 12.0. The Morgan fingerprint density at radius 3 is 2.62 bits per heavy atom. The minimum atomic E-state index is -1.06. The van der Waals surface area contributed by atoms with Crippen LogP contribution in [0.4, 0.5) is 0 Å². The number of hydrogen-bond acceptors (Lipinski definition) is 5. The van der Waals surface area contributed by atoms with E-state index in [1.165, 1.54) is 36.1 Å². The van der Waals surface area contributed by atoms with Gasteiger partial charge in [-0.25, -0.2) is 0 Å². The molecular weight excluding hydrogens is 462 g/mol. The highest BCUT2D eigenvalue weighted by molar-refractivity contribution is 5.63. The number of piperidine rings is 1. The van der Waals surface area contributed by atoms with Crippen LogP contribution in [0.25, 0.3) is 0 Å². The maximum absolute atomic E-state index is 12.4. The quantitative estimate of drug-likeness (QED) is 0.614. The molecule has 0 radical (unpaired) electrons. The van der Waals surface area contributed by atoms with Crippen LogP contribution in [0.1, 0.15) is 67.7 Å². The lowest BCUT2D eigenvalue weighted by Crippen LogP contribution is -2.82. The van der Waals surface area contributed by atoms with Gasteiger partial charge in [-0.2, -0.15) is 0 Å². The topological polar surface area (TPSA) is 62.2 Å². The van der Waals surface area contributed by atoms with Crippen LogP contribution in [-0.4, -0.2) is 53.1 Å². The third-order valence-electron chi connectivity index (χ3n) is 12.0. The summed E-state index contributed by atoms with van der Waals surface area (Å²) in [5, 5.41) is 23.5. The van der Waals surface area contributed by atoms with E-state index in [1.54, 1.807) is 0 Å². The summed E-state index contributed by atoms with van der Waals surface area (Å²) in [5.41, 5.74) is 2.91. The monoisotopic (exact) mass is 501 g/mol. The minimum absolute atomic E-state index is 0.00349. The standard InChI is InChI=1S/C32H39NO4/c1-19-4-9-22(10-5-19)29(2,35)24-17-30-12-13-32(24,36-3)28-31(30)14-15-33(18-20-6-7-20)25(30)16-21-8-11-23(34)27(37-28)26(21)31/h4-5,8-11,20,24-25,28,34-35H,6-7,12-18H2,1-3H3/t24-,25-,28-,29?,30-,31+,32-/m1/s1. The van der Waals surface area contributed by atoms with Crippen LogP contribution in [0.3, 0.4) is 0 Å². The highest BCUT2D eigenvalue weighted by Gasteiger charge is 2.82. The lowest BCUT2D eigenvalue weighted by molar-refractivity contribution is -0.304. The fourth-order valence-corrected chi connectivity index (χ4v) is 10.1. The number of rotatable bonds is 5. The zero-order valence-corrected chi connectivity index (χ0v) is 22.3. The van der Waals surface area contributed by atoms with Crippen LogP contribution in [-0.2, 0) is 22.2 Å². The van der Waals surface area contributed by atoms with Crippen molar-refractivity contribution in [2.75, 3.05) is 20.2 Å². The number of benzene rings is 2. The van der Waals surface area contributed by atoms with Gasteiger partial charge in [0.05, 0.1) is 5.60 Å². The maximum Gasteiger partial charge on any atom is 0.165 e. The van der Waals surface area contributed by atoms with Crippen LogP contribution in [0.2, 0.25) is 0 Å². The molecule has 2 N–H and O–H groups in total. The first-order chi connectivity index (χ1) is 17.8. The molecule has 2 spiro atoms. The first kappa shape index (κ1) is 22.9. The number of fused-ring (bicyclic) bond motifs is 2. The van der Waals surface area contributed by atoms with E-state index in [1.807, 2.05) is 20.1 Å². The number of aromatic hydroxyl groups is 1. The molecule has 7 atom stereocenters. The molecule has 1 unspecified atom stereocenters. The van der Waals surface area contributed by atoms with Crippen molar-refractivity contribution in [3.8, 4) is 11.5 Å². The number of phenols is 1. The van der Waals surface area contributed by atoms with Gasteiger partial charge in [0.25, 0.3) is 0 Å². The molecule has 1 saturated heterocycles. The van der Waals surface area contributed by atoms with Crippen LogP contribution < -0.4 is 4.74 Å². The molecule has 0 aromatic heterocycles. The Kier molecular flexibility index (Phi) is 4.39. The summed E-state index contributed by atoms with van der Waals surface area (Å²) in [6.07, 6.45) is 7.44. The van der Waals surface area contributed by atoms with E-state index in [4.69, 9.17) is 9.47 Å². The van der Waals surface area contributed by atoms with Crippen LogP contribution >= 0.6 is 0 Å². The zero-order chi connectivity index (χ0) is 25.4. The van der Waals surface area contributed by atoms with E-state index in [0.717, 1.165) is 50.1 Å². The summed E-state index contributed by atoms with van der Waals surface area (Å²) in [5.74, 6) is 1.68. The summed E-state index contributed by atoms with van der Waals surface area (Å²) in [6.45, 7) is 6.36. The molecule has 7 aliphatic rings. The van der Waals surface area contributed by atoms with E-state index < -0.39 is 11.2 Å². The Bertz CT molecular complexity index is 1280. The molecule has 2 aromatic rings. The summed E-state index contributed by atoms with van der Waals surface area (Å²) >= 11 is 0. The van der Waals surface area contributed by atoms with Crippen molar-refractivity contribution in [1.29, 1.82) is 0 Å². The molecule has 5 nitrogen and oxygen atoms in total. The Morgan fingerprint density at radius 1 is 1.11 bits per heavy atom. The van der Waals surface area contributed by atoms with Crippen LogP contribution in [0.5, 0.6) is 11.5 Å². The summed E-state index contributed by atoms with van der Waals surface area (Å²) in [6, 6.07) is 12.8. The average Bonchev–Trinajstić information content (AvgIpc) is 3.64. The normalized spacial score (nSPS) is 40.7. The van der Waals surface area contributed by atoms with E-state index >= 15 is 0 Å². The smallest absolute Gasteiger partial charge is 0.165 e. The highest BCUT2D eigenvalue weighted by Crippen LogP contribution is 2.78. The predicted octanol–water partition coefficient (Wildman–Crippen LogP) is 4.83. The van der Waals surface area contributed by atoms with Gasteiger partial charge in [0.15, 0.2) is 11.5 Å². The second-order valence-electron chi connectivity index (χ2n) is 13.4. The molecule has 2 aromatic carbocycles. The van der Waals surface area contributed by atoms with Gasteiger partial charge in [-0.05, 0) is 88.4 Å². The molecular formula is C32H39NO4. The second-order valence-corrected chi connectivity index (χ2v) is 13.4. The van der Waals surface area contributed by atoms with E-state index in [2.05, 4.69) is 42.2 Å². The Hall–Kier alpha value is -2.08. The molecule has 4 bridgehead atoms. The number of aliphatic hydroxyl groups is 1. The fraction of sp³-hybridized carbons (Fsp3) is 0.625. The molecule has 37 heavy (non-hydrogen) atoms. The number of methoxy groups -OCH3 is 1. The van der Waals surface area contributed by atoms with Gasteiger partial charge in [0, 0.05) is 42.0 Å². The molecule has 196 valence electrons. The van der Waals surface area contributed by atoms with Crippen molar-refractivity contribution in [1.82, 2.24) is 4.90 Å². The summed E-state index contributed by atoms with van der Waals surface area (Å²) in [4.78, 5) is 2.82. The summed E-state index contributed by atoms with van der Waals surface area (Å²) < 4.78 is 13.5. The van der Waals surface area contributed by atoms with Crippen molar-refractivity contribution in [3.63, 3.8) is 0 Å². The predicted molar refractivity (Wildman–Crippen MR) is 141 cm³/mol. The molecule has 5 heteroatoms. The lowest BCUT2D eigenvalue weighted by atomic mass is 9.33. The Morgan fingerprint density at radius 2 is 1.89 bits per heavy atom. The average molecular weight is 502 g/mol. The second kappa shape index (κ2) is 7.11. The van der Waals surface area contributed by atoms with Crippen molar-refractivity contribution < 1.29 is 19.7 Å². The molecule has 5 aliphatic carbocycles. The maximum atomic E-state index is 12.4. The first-order valence-corrected chi connectivity index (χ1v) is 14.4. The fourth-order valence-electron chi connectivity index (χ4n) is 10.1. The van der Waals surface area contributed by atoms with E-state index in [0.29, 0.717) is 11.8 Å². The number of hydrogen-bond donors (Lipinski definition) is 2. The number of ether oxygens (including phenoxy) is 2. The molecule has 0 amide bonds. The van der Waals surface area contributed by atoms with Crippen molar-refractivity contribution in [2.45, 2.75) is 87.6 Å².